The van der Waals surface area contributed by atoms with Gasteiger partial charge in [-0.05, 0) is 12.5 Å². The largest absolute Gasteiger partial charge is 0.450 e. The second-order valence-electron chi connectivity index (χ2n) is 6.51. The molecule has 0 unspecified atom stereocenters. The number of nitrogens with one attached hydrogen (secondary N) is 1. The molecule has 0 aliphatic heterocycles. The number of methoxy groups -OCH3 is 1. The van der Waals surface area contributed by atoms with E-state index in [9.17, 15) is 29.3 Å². The third-order valence-corrected chi connectivity index (χ3v) is 4.34. The third kappa shape index (κ3) is 5.60. The molecule has 0 atom stereocenters. The van der Waals surface area contributed by atoms with Gasteiger partial charge in [0.15, 0.2) is 12.3 Å². The van der Waals surface area contributed by atoms with Crippen molar-refractivity contribution in [1.29, 1.82) is 0 Å². The molecule has 0 saturated heterocycles. The number of unbranched alkanes of at least 4 members (excludes halogenated alkanes) is 1. The second kappa shape index (κ2) is 10.9. The number of carbonyl (C=O) groups is 2. The lowest BCUT2D eigenvalue weighted by molar-refractivity contribution is -0.402. The number of hydrogen-bond acceptors (Lipinski definition) is 10. The van der Waals surface area contributed by atoms with Gasteiger partial charge in [-0.2, -0.15) is 0 Å². The van der Waals surface area contributed by atoms with Crippen LogP contribution in [0.3, 0.4) is 0 Å². The molecule has 0 saturated carbocycles. The number of rotatable bonds is 11. The van der Waals surface area contributed by atoms with Crippen molar-refractivity contribution in [3.05, 3.63) is 48.8 Å². The average Bonchev–Trinajstić information content (AvgIpc) is 3.24. The zero-order valence-electron chi connectivity index (χ0n) is 17.5. The van der Waals surface area contributed by atoms with Crippen LogP contribution in [-0.4, -0.2) is 53.2 Å². The lowest BCUT2D eigenvalue weighted by atomic mass is 10.3. The van der Waals surface area contributed by atoms with Crippen LogP contribution in [0.15, 0.2) is 26.1 Å². The number of hydrogen-bond donors (Lipinski definition) is 2. The van der Waals surface area contributed by atoms with Crippen LogP contribution in [0, 0.1) is 10.1 Å². The standard InChI is InChI=1S/C18H23N5O9/c1-3-4-7-22-15(19)14(16(25)20-18(22)27)21(8-9-30-2)12(24)10-31-17(26)11-5-6-13(32-11)23(28)29/h5-6H,3-4,7-10,19H2,1-2H3,(H,20,25,27). The fourth-order valence-electron chi connectivity index (χ4n) is 2.73. The van der Waals surface area contributed by atoms with E-state index in [0.717, 1.165) is 28.0 Å². The fourth-order valence-corrected chi connectivity index (χ4v) is 2.73. The normalized spacial score (nSPS) is 10.7. The molecule has 0 aromatic carbocycles. The summed E-state index contributed by atoms with van der Waals surface area (Å²) < 4.78 is 15.7. The molecule has 0 fully saturated rings. The first-order valence-electron chi connectivity index (χ1n) is 9.54. The van der Waals surface area contributed by atoms with Gasteiger partial charge in [-0.1, -0.05) is 13.3 Å². The maximum atomic E-state index is 12.8. The highest BCUT2D eigenvalue weighted by Crippen LogP contribution is 2.19. The zero-order chi connectivity index (χ0) is 23.8. The van der Waals surface area contributed by atoms with E-state index in [-0.39, 0.29) is 31.2 Å². The van der Waals surface area contributed by atoms with Gasteiger partial charge in [-0.3, -0.25) is 34.2 Å². The number of ether oxygens (including phenoxy) is 2. The SMILES string of the molecule is CCCCn1c(N)c(N(CCOC)C(=O)COC(=O)c2ccc([N+](=O)[O-])o2)c(=O)[nH]c1=O. The first kappa shape index (κ1) is 24.3. The molecule has 1 amide bonds. The number of esters is 1. The summed E-state index contributed by atoms with van der Waals surface area (Å²) in [6.45, 7) is 1.19. The highest BCUT2D eigenvalue weighted by molar-refractivity contribution is 5.98. The van der Waals surface area contributed by atoms with Crippen molar-refractivity contribution >= 4 is 29.3 Å². The molecule has 174 valence electrons. The maximum Gasteiger partial charge on any atom is 0.433 e. The quantitative estimate of drug-likeness (QED) is 0.271. The lowest BCUT2D eigenvalue weighted by Gasteiger charge is -2.24. The van der Waals surface area contributed by atoms with Gasteiger partial charge in [0, 0.05) is 20.2 Å². The highest BCUT2D eigenvalue weighted by Gasteiger charge is 2.26. The summed E-state index contributed by atoms with van der Waals surface area (Å²) in [5, 5.41) is 10.6. The predicted molar refractivity (Wildman–Crippen MR) is 111 cm³/mol. The Morgan fingerprint density at radius 3 is 2.66 bits per heavy atom. The van der Waals surface area contributed by atoms with E-state index < -0.39 is 46.3 Å². The Balaban J connectivity index is 2.28. The Kier molecular flexibility index (Phi) is 8.29. The Bertz CT molecular complexity index is 1100. The average molecular weight is 453 g/mol. The smallest absolute Gasteiger partial charge is 0.433 e. The van der Waals surface area contributed by atoms with Crippen molar-refractivity contribution in [2.24, 2.45) is 0 Å². The highest BCUT2D eigenvalue weighted by atomic mass is 16.7. The van der Waals surface area contributed by atoms with E-state index in [0.29, 0.717) is 6.42 Å². The molecule has 14 nitrogen and oxygen atoms in total. The number of nitrogens with two attached hydrogens (primary N) is 1. The van der Waals surface area contributed by atoms with Crippen molar-refractivity contribution in [3.63, 3.8) is 0 Å². The van der Waals surface area contributed by atoms with Gasteiger partial charge in [-0.25, -0.2) is 9.59 Å². The van der Waals surface area contributed by atoms with Gasteiger partial charge in [-0.15, -0.1) is 0 Å². The van der Waals surface area contributed by atoms with Crippen LogP contribution in [0.1, 0.15) is 30.3 Å². The van der Waals surface area contributed by atoms with Gasteiger partial charge in [0.25, 0.3) is 11.5 Å². The van der Waals surface area contributed by atoms with E-state index in [4.69, 9.17) is 19.6 Å². The lowest BCUT2D eigenvalue weighted by Crippen LogP contribution is -2.44. The van der Waals surface area contributed by atoms with Crippen LogP contribution in [0.4, 0.5) is 17.4 Å². The molecule has 3 N–H and O–H groups in total. The van der Waals surface area contributed by atoms with Crippen molar-refractivity contribution in [1.82, 2.24) is 9.55 Å². The monoisotopic (exact) mass is 453 g/mol. The molecule has 0 bridgehead atoms. The first-order valence-corrected chi connectivity index (χ1v) is 9.54. The summed E-state index contributed by atoms with van der Waals surface area (Å²) in [7, 11) is 1.38. The van der Waals surface area contributed by atoms with Crippen molar-refractivity contribution in [2.45, 2.75) is 26.3 Å². The molecule has 2 aromatic rings. The van der Waals surface area contributed by atoms with Crippen molar-refractivity contribution < 1.29 is 28.4 Å². The van der Waals surface area contributed by atoms with E-state index >= 15 is 0 Å². The molecule has 0 spiro atoms. The molecule has 0 radical (unpaired) electrons. The molecule has 2 heterocycles. The van der Waals surface area contributed by atoms with Crippen LogP contribution >= 0.6 is 0 Å². The summed E-state index contributed by atoms with van der Waals surface area (Å²) in [4.78, 5) is 62.3. The number of nitrogen functional groups attached to an aromatic ring is 1. The number of anilines is 2. The minimum absolute atomic E-state index is 0.0109. The number of furan rings is 1. The minimum atomic E-state index is -1.12. The number of carbonyl (C=O) groups excluding carboxylic acids is 2. The van der Waals surface area contributed by atoms with Crippen LogP contribution < -0.4 is 21.9 Å². The van der Waals surface area contributed by atoms with E-state index in [1.807, 2.05) is 6.92 Å². The van der Waals surface area contributed by atoms with Gasteiger partial charge in [0.2, 0.25) is 5.76 Å². The second-order valence-corrected chi connectivity index (χ2v) is 6.51. The molecular formula is C18H23N5O9. The van der Waals surface area contributed by atoms with Crippen LogP contribution in [-0.2, 0) is 20.8 Å². The van der Waals surface area contributed by atoms with Gasteiger partial charge >= 0.3 is 17.5 Å². The Labute approximate surface area is 180 Å². The summed E-state index contributed by atoms with van der Waals surface area (Å²) in [5.74, 6) is -3.32. The molecule has 32 heavy (non-hydrogen) atoms. The molecule has 2 rings (SSSR count). The van der Waals surface area contributed by atoms with Crippen LogP contribution in [0.25, 0.3) is 0 Å². The minimum Gasteiger partial charge on any atom is -0.450 e. The number of amides is 1. The Morgan fingerprint density at radius 2 is 2.06 bits per heavy atom. The number of aromatic amines is 1. The molecule has 0 aliphatic rings. The van der Waals surface area contributed by atoms with Crippen molar-refractivity contribution in [2.75, 3.05) is 37.5 Å². The summed E-state index contributed by atoms with van der Waals surface area (Å²) >= 11 is 0. The molecule has 14 heteroatoms. The Hall–Kier alpha value is -3.94. The first-order chi connectivity index (χ1) is 15.2. The molecule has 0 aliphatic carbocycles. The topological polar surface area (TPSA) is 193 Å². The predicted octanol–water partition coefficient (Wildman–Crippen LogP) is 0.257. The molecular weight excluding hydrogens is 430 g/mol. The van der Waals surface area contributed by atoms with Crippen LogP contribution in [0.2, 0.25) is 0 Å². The number of nitrogens with zero attached hydrogens (tertiary/aromatic N) is 3. The zero-order valence-corrected chi connectivity index (χ0v) is 17.5. The van der Waals surface area contributed by atoms with E-state index in [2.05, 4.69) is 4.98 Å². The summed E-state index contributed by atoms with van der Waals surface area (Å²) in [6.07, 6.45) is 1.36. The van der Waals surface area contributed by atoms with E-state index in [1.54, 1.807) is 0 Å². The van der Waals surface area contributed by atoms with Gasteiger partial charge < -0.3 is 19.6 Å². The number of nitro groups is 1. The fraction of sp³-hybridized carbons (Fsp3) is 0.444. The van der Waals surface area contributed by atoms with E-state index in [1.165, 1.54) is 7.11 Å². The van der Waals surface area contributed by atoms with Crippen LogP contribution in [0.5, 0.6) is 0 Å². The summed E-state index contributed by atoms with van der Waals surface area (Å²) in [6, 6.07) is 1.99. The van der Waals surface area contributed by atoms with Gasteiger partial charge in [0.05, 0.1) is 12.7 Å². The Morgan fingerprint density at radius 1 is 1.34 bits per heavy atom. The summed E-state index contributed by atoms with van der Waals surface area (Å²) in [5.41, 5.74) is 4.15. The maximum absolute atomic E-state index is 12.8. The molecule has 2 aromatic heterocycles. The van der Waals surface area contributed by atoms with Crippen molar-refractivity contribution in [3.8, 4) is 0 Å². The number of H-pyrrole nitrogens is 1. The van der Waals surface area contributed by atoms with Gasteiger partial charge in [0.1, 0.15) is 10.7 Å². The number of aromatic nitrogens is 2. The third-order valence-electron chi connectivity index (χ3n) is 4.34.